The molecule has 2 aromatic rings. The van der Waals surface area contributed by atoms with E-state index < -0.39 is 8.32 Å². The lowest BCUT2D eigenvalue weighted by atomic mass is 10.1. The van der Waals surface area contributed by atoms with Crippen molar-refractivity contribution in [3.05, 3.63) is 42.7 Å². The average Bonchev–Trinajstić information content (AvgIpc) is 2.92. The lowest BCUT2D eigenvalue weighted by molar-refractivity contribution is 0.360. The molecule has 2 rings (SSSR count). The first-order valence-electron chi connectivity index (χ1n) is 8.21. The molecule has 0 fully saturated rings. The lowest BCUT2D eigenvalue weighted by Crippen LogP contribution is -2.50. The van der Waals surface area contributed by atoms with Crippen molar-refractivity contribution in [1.82, 2.24) is 0 Å². The summed E-state index contributed by atoms with van der Waals surface area (Å²) in [4.78, 5) is 0. The summed E-state index contributed by atoms with van der Waals surface area (Å²) in [6, 6.07) is 12.3. The second-order valence-electron chi connectivity index (χ2n) is 6.91. The number of rotatable bonds is 6. The van der Waals surface area contributed by atoms with Gasteiger partial charge in [-0.25, -0.2) is 0 Å². The van der Waals surface area contributed by atoms with Crippen LogP contribution in [0.1, 0.15) is 41.5 Å². The van der Waals surface area contributed by atoms with E-state index in [0.29, 0.717) is 22.6 Å². The van der Waals surface area contributed by atoms with Gasteiger partial charge in [-0.05, 0) is 28.3 Å². The molecule has 0 atom stereocenters. The Morgan fingerprint density at radius 3 is 1.86 bits per heavy atom. The van der Waals surface area contributed by atoms with Gasteiger partial charge in [0.2, 0.25) is 0 Å². The maximum absolute atomic E-state index is 6.68. The zero-order chi connectivity index (χ0) is 16.3. The molecule has 0 aliphatic rings. The Labute approximate surface area is 135 Å². The van der Waals surface area contributed by atoms with Gasteiger partial charge in [-0.1, -0.05) is 71.9 Å². The van der Waals surface area contributed by atoms with Gasteiger partial charge in [0, 0.05) is 0 Å². The summed E-state index contributed by atoms with van der Waals surface area (Å²) >= 11 is 0. The molecule has 0 bridgehead atoms. The molecule has 0 saturated heterocycles. The third kappa shape index (κ3) is 3.00. The summed E-state index contributed by atoms with van der Waals surface area (Å²) in [5.74, 6) is 0.689. The van der Waals surface area contributed by atoms with Crippen LogP contribution < -0.4 is 4.43 Å². The molecule has 22 heavy (non-hydrogen) atoms. The van der Waals surface area contributed by atoms with Gasteiger partial charge in [-0.15, -0.1) is 0 Å². The van der Waals surface area contributed by atoms with Gasteiger partial charge in [0.05, 0.1) is 11.8 Å². The summed E-state index contributed by atoms with van der Waals surface area (Å²) in [7, 11) is -1.99. The molecule has 2 nitrogen and oxygen atoms in total. The molecular weight excluding hydrogens is 288 g/mol. The Bertz CT molecular complexity index is 563. The van der Waals surface area contributed by atoms with E-state index in [4.69, 9.17) is 8.84 Å². The van der Waals surface area contributed by atoms with Gasteiger partial charge in [-0.3, -0.25) is 0 Å². The minimum Gasteiger partial charge on any atom is -0.517 e. The standard InChI is InChI=1S/C19H28O2Si/c1-14(2)22(15(3)4,16(5)6)21-19-18(12-13-20-19)17-10-8-7-9-11-17/h7-16H,1-6H3. The Morgan fingerprint density at radius 1 is 0.818 bits per heavy atom. The monoisotopic (exact) mass is 316 g/mol. The fraction of sp³-hybridized carbons (Fsp3) is 0.474. The van der Waals surface area contributed by atoms with Crippen LogP contribution in [0.4, 0.5) is 0 Å². The molecule has 0 unspecified atom stereocenters. The first kappa shape index (κ1) is 16.9. The number of furan rings is 1. The number of hydrogen-bond donors (Lipinski definition) is 0. The number of benzene rings is 1. The molecule has 0 N–H and O–H groups in total. The summed E-state index contributed by atoms with van der Waals surface area (Å²) < 4.78 is 12.4. The van der Waals surface area contributed by atoms with Crippen molar-refractivity contribution < 1.29 is 8.84 Å². The highest BCUT2D eigenvalue weighted by atomic mass is 28.4. The smallest absolute Gasteiger partial charge is 0.278 e. The Morgan fingerprint density at radius 2 is 1.36 bits per heavy atom. The van der Waals surface area contributed by atoms with E-state index in [1.165, 1.54) is 0 Å². The van der Waals surface area contributed by atoms with Crippen molar-refractivity contribution in [2.45, 2.75) is 58.2 Å². The van der Waals surface area contributed by atoms with Gasteiger partial charge in [-0.2, -0.15) is 0 Å². The Kier molecular flexibility index (Phi) is 5.17. The van der Waals surface area contributed by atoms with Crippen LogP contribution in [0.3, 0.4) is 0 Å². The van der Waals surface area contributed by atoms with Gasteiger partial charge in [0.15, 0.2) is 0 Å². The highest BCUT2D eigenvalue weighted by Gasteiger charge is 2.48. The van der Waals surface area contributed by atoms with E-state index in [2.05, 4.69) is 53.7 Å². The lowest BCUT2D eigenvalue weighted by Gasteiger charge is -2.41. The quantitative estimate of drug-likeness (QED) is 0.567. The first-order chi connectivity index (χ1) is 10.4. The number of hydrogen-bond acceptors (Lipinski definition) is 2. The highest BCUT2D eigenvalue weighted by molar-refractivity contribution is 6.78. The predicted molar refractivity (Wildman–Crippen MR) is 95.8 cm³/mol. The van der Waals surface area contributed by atoms with Crippen molar-refractivity contribution >= 4 is 8.32 Å². The third-order valence-corrected chi connectivity index (χ3v) is 10.6. The topological polar surface area (TPSA) is 22.4 Å². The first-order valence-corrected chi connectivity index (χ1v) is 10.4. The van der Waals surface area contributed by atoms with Crippen molar-refractivity contribution in [1.29, 1.82) is 0 Å². The zero-order valence-corrected chi connectivity index (χ0v) is 15.6. The van der Waals surface area contributed by atoms with E-state index in [-0.39, 0.29) is 0 Å². The summed E-state index contributed by atoms with van der Waals surface area (Å²) in [6.07, 6.45) is 1.73. The van der Waals surface area contributed by atoms with Crippen molar-refractivity contribution in [3.8, 4) is 17.1 Å². The largest absolute Gasteiger partial charge is 0.517 e. The molecule has 0 radical (unpaired) electrons. The zero-order valence-electron chi connectivity index (χ0n) is 14.6. The van der Waals surface area contributed by atoms with E-state index in [0.717, 1.165) is 11.1 Å². The van der Waals surface area contributed by atoms with Crippen LogP contribution in [0.15, 0.2) is 47.1 Å². The second-order valence-corrected chi connectivity index (χ2v) is 12.3. The molecule has 3 heteroatoms. The minimum absolute atomic E-state index is 0.529. The van der Waals surface area contributed by atoms with E-state index in [1.807, 2.05) is 24.3 Å². The van der Waals surface area contributed by atoms with Gasteiger partial charge < -0.3 is 8.84 Å². The Hall–Kier alpha value is -1.48. The molecule has 0 amide bonds. The molecule has 0 spiro atoms. The van der Waals surface area contributed by atoms with E-state index in [1.54, 1.807) is 6.26 Å². The maximum atomic E-state index is 6.68. The fourth-order valence-electron chi connectivity index (χ4n) is 3.72. The predicted octanol–water partition coefficient (Wildman–Crippen LogP) is 6.50. The second kappa shape index (κ2) is 6.74. The molecular formula is C19H28O2Si. The molecule has 0 saturated carbocycles. The van der Waals surface area contributed by atoms with Gasteiger partial charge in [0.25, 0.3) is 14.3 Å². The molecule has 1 heterocycles. The van der Waals surface area contributed by atoms with Gasteiger partial charge >= 0.3 is 0 Å². The van der Waals surface area contributed by atoms with Crippen molar-refractivity contribution in [3.63, 3.8) is 0 Å². The average molecular weight is 317 g/mol. The molecule has 0 aliphatic carbocycles. The molecule has 1 aromatic heterocycles. The van der Waals surface area contributed by atoms with E-state index in [9.17, 15) is 0 Å². The van der Waals surface area contributed by atoms with Crippen LogP contribution in [0.2, 0.25) is 16.6 Å². The summed E-state index contributed by atoms with van der Waals surface area (Å²) in [5, 5.41) is 0. The van der Waals surface area contributed by atoms with E-state index >= 15 is 0 Å². The van der Waals surface area contributed by atoms with Crippen LogP contribution in [0.25, 0.3) is 11.1 Å². The molecule has 0 aliphatic heterocycles. The summed E-state index contributed by atoms with van der Waals surface area (Å²) in [6.45, 7) is 13.7. The minimum atomic E-state index is -1.99. The molecule has 1 aromatic carbocycles. The van der Waals surface area contributed by atoms with Crippen LogP contribution >= 0.6 is 0 Å². The maximum Gasteiger partial charge on any atom is 0.278 e. The third-order valence-electron chi connectivity index (χ3n) is 4.69. The van der Waals surface area contributed by atoms with Crippen LogP contribution in [0, 0.1) is 0 Å². The normalized spacial score (nSPS) is 12.4. The Balaban J connectivity index is 2.43. The van der Waals surface area contributed by atoms with Crippen LogP contribution in [0.5, 0.6) is 5.95 Å². The van der Waals surface area contributed by atoms with Gasteiger partial charge in [0.1, 0.15) is 0 Å². The van der Waals surface area contributed by atoms with Crippen molar-refractivity contribution in [2.75, 3.05) is 0 Å². The summed E-state index contributed by atoms with van der Waals surface area (Å²) in [5.41, 5.74) is 3.79. The fourth-order valence-corrected chi connectivity index (χ4v) is 8.91. The van der Waals surface area contributed by atoms with Crippen LogP contribution in [-0.4, -0.2) is 8.32 Å². The van der Waals surface area contributed by atoms with Crippen molar-refractivity contribution in [2.24, 2.45) is 0 Å². The SMILES string of the molecule is CC(C)[Si](Oc1occc1-c1ccccc1)(C(C)C)C(C)C. The highest BCUT2D eigenvalue weighted by Crippen LogP contribution is 2.45. The molecule has 120 valence electrons. The van der Waals surface area contributed by atoms with Crippen LogP contribution in [-0.2, 0) is 0 Å².